The molecule has 3 rings (SSSR count). The molecule has 0 unspecified atom stereocenters. The second kappa shape index (κ2) is 10.1. The fraction of sp³-hybridized carbons (Fsp3) is 0.417. The van der Waals surface area contributed by atoms with Gasteiger partial charge in [-0.05, 0) is 67.3 Å². The van der Waals surface area contributed by atoms with Gasteiger partial charge in [0.25, 0.3) is 0 Å². The maximum atomic E-state index is 14.6. The summed E-state index contributed by atoms with van der Waals surface area (Å²) in [5, 5.41) is 0. The molecule has 1 aliphatic rings. The molecule has 1 fully saturated rings. The molecule has 180 valence electrons. The van der Waals surface area contributed by atoms with E-state index in [4.69, 9.17) is 0 Å². The van der Waals surface area contributed by atoms with Crippen molar-refractivity contribution in [2.75, 3.05) is 0 Å². The first-order chi connectivity index (χ1) is 15.5. The Bertz CT molecular complexity index is 997. The minimum absolute atomic E-state index is 0.0999. The molecule has 0 radical (unpaired) electrons. The summed E-state index contributed by atoms with van der Waals surface area (Å²) in [7, 11) is 0. The van der Waals surface area contributed by atoms with Gasteiger partial charge in [-0.25, -0.2) is 22.0 Å². The third-order valence-corrected chi connectivity index (χ3v) is 5.91. The lowest BCUT2D eigenvalue weighted by Gasteiger charge is -2.28. The maximum absolute atomic E-state index is 14.6. The molecule has 2 aromatic rings. The van der Waals surface area contributed by atoms with Gasteiger partial charge in [-0.1, -0.05) is 25.8 Å². The van der Waals surface area contributed by atoms with Crippen molar-refractivity contribution < 1.29 is 39.9 Å². The third kappa shape index (κ3) is 6.06. The molecule has 9 heteroatoms. The average molecular weight is 478 g/mol. The van der Waals surface area contributed by atoms with E-state index in [1.165, 1.54) is 6.07 Å². The Morgan fingerprint density at radius 1 is 0.879 bits per heavy atom. The molecule has 0 aliphatic heterocycles. The molecule has 0 bridgehead atoms. The fourth-order valence-corrected chi connectivity index (χ4v) is 4.30. The standard InChI is InChI=1S/C24H22F8O/c1-2-3-13-4-6-14(7-5-13)15-8-9-17(18(25)10-15)22(29)21(28)16-11-19(26)23(20(27)12-16)33-24(30,31)32/h8-14H,2-7H2,1H3. The average Bonchev–Trinajstić information content (AvgIpc) is 2.75. The lowest BCUT2D eigenvalue weighted by molar-refractivity contribution is -0.276. The Morgan fingerprint density at radius 3 is 2.00 bits per heavy atom. The van der Waals surface area contributed by atoms with Crippen molar-refractivity contribution in [3.63, 3.8) is 0 Å². The molecule has 0 amide bonds. The zero-order chi connectivity index (χ0) is 24.3. The Hall–Kier alpha value is -2.58. The van der Waals surface area contributed by atoms with Crippen molar-refractivity contribution >= 4 is 11.7 Å². The molecule has 1 saturated carbocycles. The van der Waals surface area contributed by atoms with Gasteiger partial charge in [-0.2, -0.15) is 0 Å². The highest BCUT2D eigenvalue weighted by Crippen LogP contribution is 2.39. The number of alkyl halides is 3. The van der Waals surface area contributed by atoms with E-state index in [9.17, 15) is 35.1 Å². The van der Waals surface area contributed by atoms with Crippen molar-refractivity contribution in [1.82, 2.24) is 0 Å². The van der Waals surface area contributed by atoms with Crippen molar-refractivity contribution in [3.05, 3.63) is 64.5 Å². The summed E-state index contributed by atoms with van der Waals surface area (Å²) in [6, 6.07) is 3.93. The van der Waals surface area contributed by atoms with Gasteiger partial charge in [0.2, 0.25) is 5.75 Å². The van der Waals surface area contributed by atoms with Crippen LogP contribution in [0.4, 0.5) is 35.1 Å². The van der Waals surface area contributed by atoms with Crippen LogP contribution < -0.4 is 4.74 Å². The number of hydrogen-bond acceptors (Lipinski definition) is 1. The van der Waals surface area contributed by atoms with Gasteiger partial charge in [-0.15, -0.1) is 13.2 Å². The number of ether oxygens (including phenoxy) is 1. The Kier molecular flexibility index (Phi) is 7.69. The van der Waals surface area contributed by atoms with Gasteiger partial charge in [0.15, 0.2) is 23.3 Å². The Balaban J connectivity index is 1.84. The predicted octanol–water partition coefficient (Wildman–Crippen LogP) is 8.84. The smallest absolute Gasteiger partial charge is 0.399 e. The zero-order valence-electron chi connectivity index (χ0n) is 17.7. The first-order valence-corrected chi connectivity index (χ1v) is 10.6. The number of benzene rings is 2. The van der Waals surface area contributed by atoms with Crippen LogP contribution in [0, 0.1) is 23.4 Å². The monoisotopic (exact) mass is 478 g/mol. The summed E-state index contributed by atoms with van der Waals surface area (Å²) in [5.41, 5.74) is -1.13. The molecule has 0 heterocycles. The molecule has 1 aliphatic carbocycles. The molecular weight excluding hydrogens is 456 g/mol. The normalized spacial score (nSPS) is 19.9. The van der Waals surface area contributed by atoms with E-state index >= 15 is 0 Å². The number of hydrogen-bond donors (Lipinski definition) is 0. The van der Waals surface area contributed by atoms with Crippen molar-refractivity contribution in [1.29, 1.82) is 0 Å². The van der Waals surface area contributed by atoms with E-state index in [0.29, 0.717) is 11.5 Å². The first-order valence-electron chi connectivity index (χ1n) is 10.6. The van der Waals surface area contributed by atoms with Crippen LogP contribution in [0.5, 0.6) is 5.75 Å². The molecule has 33 heavy (non-hydrogen) atoms. The van der Waals surface area contributed by atoms with E-state index in [1.807, 2.05) is 0 Å². The molecular formula is C24H22F8O. The van der Waals surface area contributed by atoms with E-state index in [2.05, 4.69) is 11.7 Å². The van der Waals surface area contributed by atoms with Crippen LogP contribution in [0.25, 0.3) is 11.7 Å². The maximum Gasteiger partial charge on any atom is 0.573 e. The van der Waals surface area contributed by atoms with E-state index < -0.39 is 52.3 Å². The lowest BCUT2D eigenvalue weighted by atomic mass is 9.77. The van der Waals surface area contributed by atoms with Crippen molar-refractivity contribution in [2.45, 2.75) is 57.7 Å². The number of halogens is 8. The van der Waals surface area contributed by atoms with Gasteiger partial charge >= 0.3 is 6.36 Å². The van der Waals surface area contributed by atoms with Gasteiger partial charge in [-0.3, -0.25) is 0 Å². The summed E-state index contributed by atoms with van der Waals surface area (Å²) >= 11 is 0. The van der Waals surface area contributed by atoms with Crippen LogP contribution in [0.15, 0.2) is 30.3 Å². The minimum atomic E-state index is -5.39. The predicted molar refractivity (Wildman–Crippen MR) is 108 cm³/mol. The third-order valence-electron chi connectivity index (χ3n) is 5.91. The van der Waals surface area contributed by atoms with Gasteiger partial charge < -0.3 is 4.74 Å². The topological polar surface area (TPSA) is 9.23 Å². The molecule has 1 nitrogen and oxygen atoms in total. The van der Waals surface area contributed by atoms with E-state index in [0.717, 1.165) is 50.7 Å². The highest BCUT2D eigenvalue weighted by atomic mass is 19.4. The summed E-state index contributed by atoms with van der Waals surface area (Å²) in [5.74, 6) is -9.44. The van der Waals surface area contributed by atoms with Gasteiger partial charge in [0.05, 0.1) is 0 Å². The highest BCUT2D eigenvalue weighted by molar-refractivity contribution is 5.83. The Morgan fingerprint density at radius 2 is 1.48 bits per heavy atom. The van der Waals surface area contributed by atoms with Crippen molar-refractivity contribution in [2.24, 2.45) is 5.92 Å². The van der Waals surface area contributed by atoms with Crippen LogP contribution in [0.1, 0.15) is 68.1 Å². The molecule has 2 aromatic carbocycles. The highest BCUT2D eigenvalue weighted by Gasteiger charge is 2.34. The summed E-state index contributed by atoms with van der Waals surface area (Å²) in [4.78, 5) is 0. The lowest BCUT2D eigenvalue weighted by Crippen LogP contribution is -2.19. The minimum Gasteiger partial charge on any atom is -0.399 e. The van der Waals surface area contributed by atoms with Crippen LogP contribution >= 0.6 is 0 Å². The van der Waals surface area contributed by atoms with Crippen molar-refractivity contribution in [3.8, 4) is 5.75 Å². The first kappa shape index (κ1) is 25.1. The van der Waals surface area contributed by atoms with Crippen LogP contribution in [-0.2, 0) is 0 Å². The molecule has 0 aromatic heterocycles. The molecule has 0 saturated heterocycles. The summed E-state index contributed by atoms with van der Waals surface area (Å²) in [6.45, 7) is 2.12. The molecule has 0 N–H and O–H groups in total. The van der Waals surface area contributed by atoms with E-state index in [1.54, 1.807) is 0 Å². The second-order valence-electron chi connectivity index (χ2n) is 8.19. The Labute approximate surface area is 186 Å². The fourth-order valence-electron chi connectivity index (χ4n) is 4.30. The molecule has 0 atom stereocenters. The number of rotatable bonds is 6. The molecule has 0 spiro atoms. The zero-order valence-corrected chi connectivity index (χ0v) is 17.7. The largest absolute Gasteiger partial charge is 0.573 e. The van der Waals surface area contributed by atoms with Gasteiger partial charge in [0, 0.05) is 11.1 Å². The van der Waals surface area contributed by atoms with Crippen LogP contribution in [0.3, 0.4) is 0 Å². The van der Waals surface area contributed by atoms with Gasteiger partial charge in [0.1, 0.15) is 5.82 Å². The van der Waals surface area contributed by atoms with Crippen LogP contribution in [-0.4, -0.2) is 6.36 Å². The van der Waals surface area contributed by atoms with E-state index in [-0.39, 0.29) is 18.1 Å². The van der Waals surface area contributed by atoms with Crippen LogP contribution in [0.2, 0.25) is 0 Å². The second-order valence-corrected chi connectivity index (χ2v) is 8.19. The summed E-state index contributed by atoms with van der Waals surface area (Å²) in [6.07, 6.45) is 0.596. The SMILES string of the molecule is CCCC1CCC(c2ccc(C(F)=C(F)c3cc(F)c(OC(F)(F)F)c(F)c3)c(F)c2)CC1. The summed E-state index contributed by atoms with van der Waals surface area (Å²) < 4.78 is 111. The quantitative estimate of drug-likeness (QED) is 0.298.